The number of unbranched alkanes of at least 4 members (excludes halogenated alkanes) is 10. The Bertz CT molecular complexity index is 279. The van der Waals surface area contributed by atoms with Gasteiger partial charge in [0.1, 0.15) is 0 Å². The molecule has 0 aromatic heterocycles. The van der Waals surface area contributed by atoms with Crippen LogP contribution in [0.25, 0.3) is 0 Å². The Kier molecular flexibility index (Phi) is 16.8. The van der Waals surface area contributed by atoms with Gasteiger partial charge in [0.15, 0.2) is 0 Å². The van der Waals surface area contributed by atoms with E-state index in [9.17, 15) is 9.90 Å². The van der Waals surface area contributed by atoms with E-state index in [0.717, 1.165) is 38.5 Å². The monoisotopic (exact) mass is 341 g/mol. The summed E-state index contributed by atoms with van der Waals surface area (Å²) in [5, 5.41) is 12.9. The molecule has 2 N–H and O–H groups in total. The first-order valence-corrected chi connectivity index (χ1v) is 10.5. The SMILES string of the molecule is CCCCCCCCCCCC(O)CCCCCC(=O)NC(C)C. The summed E-state index contributed by atoms with van der Waals surface area (Å²) in [6.45, 7) is 6.23. The molecule has 0 radical (unpaired) electrons. The predicted molar refractivity (Wildman–Crippen MR) is 104 cm³/mol. The molecule has 0 bridgehead atoms. The quantitative estimate of drug-likeness (QED) is 0.331. The molecule has 0 fully saturated rings. The maximum Gasteiger partial charge on any atom is 0.220 e. The van der Waals surface area contributed by atoms with Crippen LogP contribution in [0.5, 0.6) is 0 Å². The molecule has 0 aliphatic rings. The normalized spacial score (nSPS) is 12.5. The van der Waals surface area contributed by atoms with Gasteiger partial charge in [0.2, 0.25) is 5.91 Å². The second-order valence-electron chi connectivity index (χ2n) is 7.59. The van der Waals surface area contributed by atoms with Crippen LogP contribution in [0.15, 0.2) is 0 Å². The Hall–Kier alpha value is -0.570. The number of aliphatic hydroxyl groups excluding tert-OH is 1. The van der Waals surface area contributed by atoms with Crippen LogP contribution < -0.4 is 5.32 Å². The van der Waals surface area contributed by atoms with Gasteiger partial charge < -0.3 is 10.4 Å². The summed E-state index contributed by atoms with van der Waals surface area (Å²) in [5.41, 5.74) is 0. The van der Waals surface area contributed by atoms with Gasteiger partial charge in [0, 0.05) is 12.5 Å². The molecular weight excluding hydrogens is 298 g/mol. The Balaban J connectivity index is 3.26. The fraction of sp³-hybridized carbons (Fsp3) is 0.952. The fourth-order valence-corrected chi connectivity index (χ4v) is 3.07. The highest BCUT2D eigenvalue weighted by Crippen LogP contribution is 2.14. The molecule has 0 aromatic carbocycles. The average molecular weight is 342 g/mol. The standard InChI is InChI=1S/C21H43NO2/c1-4-5-6-7-8-9-10-11-13-16-20(23)17-14-12-15-18-21(24)22-19(2)3/h19-20,23H,4-18H2,1-3H3,(H,22,24). The summed E-state index contributed by atoms with van der Waals surface area (Å²) in [7, 11) is 0. The van der Waals surface area contributed by atoms with Crippen molar-refractivity contribution in [1.29, 1.82) is 0 Å². The second kappa shape index (κ2) is 17.3. The fourth-order valence-electron chi connectivity index (χ4n) is 3.07. The van der Waals surface area contributed by atoms with Crippen LogP contribution in [0.4, 0.5) is 0 Å². The molecule has 144 valence electrons. The minimum atomic E-state index is -0.140. The highest BCUT2D eigenvalue weighted by Gasteiger charge is 2.05. The van der Waals surface area contributed by atoms with Crippen molar-refractivity contribution in [2.45, 2.75) is 129 Å². The van der Waals surface area contributed by atoms with E-state index in [1.165, 1.54) is 51.4 Å². The van der Waals surface area contributed by atoms with Gasteiger partial charge >= 0.3 is 0 Å². The van der Waals surface area contributed by atoms with Gasteiger partial charge in [0.25, 0.3) is 0 Å². The largest absolute Gasteiger partial charge is 0.393 e. The third-order valence-electron chi connectivity index (χ3n) is 4.53. The van der Waals surface area contributed by atoms with Gasteiger partial charge in [-0.05, 0) is 33.1 Å². The summed E-state index contributed by atoms with van der Waals surface area (Å²) in [5.74, 6) is 0.153. The molecule has 3 heteroatoms. The van der Waals surface area contributed by atoms with Crippen LogP contribution in [-0.4, -0.2) is 23.2 Å². The first-order chi connectivity index (χ1) is 11.6. The lowest BCUT2D eigenvalue weighted by Crippen LogP contribution is -2.29. The molecular formula is C21H43NO2. The summed E-state index contributed by atoms with van der Waals surface area (Å²) in [6.07, 6.45) is 17.3. The minimum absolute atomic E-state index is 0.140. The van der Waals surface area contributed by atoms with Crippen molar-refractivity contribution in [1.82, 2.24) is 5.32 Å². The molecule has 0 spiro atoms. The lowest BCUT2D eigenvalue weighted by atomic mass is 10.0. The molecule has 0 aliphatic carbocycles. The molecule has 1 atom stereocenters. The highest BCUT2D eigenvalue weighted by atomic mass is 16.3. The summed E-state index contributed by atoms with van der Waals surface area (Å²) < 4.78 is 0. The van der Waals surface area contributed by atoms with Crippen molar-refractivity contribution in [3.05, 3.63) is 0 Å². The molecule has 0 saturated heterocycles. The van der Waals surface area contributed by atoms with E-state index in [4.69, 9.17) is 0 Å². The summed E-state index contributed by atoms with van der Waals surface area (Å²) >= 11 is 0. The zero-order valence-corrected chi connectivity index (χ0v) is 16.6. The lowest BCUT2D eigenvalue weighted by Gasteiger charge is -2.11. The molecule has 0 saturated carbocycles. The van der Waals surface area contributed by atoms with Gasteiger partial charge in [-0.3, -0.25) is 4.79 Å². The Morgan fingerprint density at radius 1 is 0.792 bits per heavy atom. The maximum absolute atomic E-state index is 11.5. The van der Waals surface area contributed by atoms with Crippen molar-refractivity contribution >= 4 is 5.91 Å². The van der Waals surface area contributed by atoms with Gasteiger partial charge in [-0.2, -0.15) is 0 Å². The van der Waals surface area contributed by atoms with E-state index in [2.05, 4.69) is 12.2 Å². The van der Waals surface area contributed by atoms with Crippen LogP contribution in [0.3, 0.4) is 0 Å². The van der Waals surface area contributed by atoms with Gasteiger partial charge in [0.05, 0.1) is 6.10 Å². The van der Waals surface area contributed by atoms with Gasteiger partial charge in [-0.15, -0.1) is 0 Å². The maximum atomic E-state index is 11.5. The van der Waals surface area contributed by atoms with Crippen LogP contribution in [-0.2, 0) is 4.79 Å². The van der Waals surface area contributed by atoms with Gasteiger partial charge in [-0.25, -0.2) is 0 Å². The van der Waals surface area contributed by atoms with Crippen LogP contribution >= 0.6 is 0 Å². The molecule has 0 heterocycles. The summed E-state index contributed by atoms with van der Waals surface area (Å²) in [6, 6.07) is 0.232. The molecule has 24 heavy (non-hydrogen) atoms. The molecule has 0 rings (SSSR count). The number of nitrogens with one attached hydrogen (secondary N) is 1. The summed E-state index contributed by atoms with van der Waals surface area (Å²) in [4.78, 5) is 11.5. The Labute approximate surface area is 151 Å². The van der Waals surface area contributed by atoms with Crippen molar-refractivity contribution in [3.8, 4) is 0 Å². The van der Waals surface area contributed by atoms with Crippen LogP contribution in [0.1, 0.15) is 117 Å². The van der Waals surface area contributed by atoms with Crippen molar-refractivity contribution < 1.29 is 9.90 Å². The van der Waals surface area contributed by atoms with E-state index in [0.29, 0.717) is 6.42 Å². The molecule has 0 aromatic rings. The predicted octanol–water partition coefficient (Wildman–Crippen LogP) is 5.74. The molecule has 1 unspecified atom stereocenters. The highest BCUT2D eigenvalue weighted by molar-refractivity contribution is 5.76. The molecule has 3 nitrogen and oxygen atoms in total. The van der Waals surface area contributed by atoms with E-state index in [1.807, 2.05) is 13.8 Å². The van der Waals surface area contributed by atoms with E-state index in [-0.39, 0.29) is 18.1 Å². The van der Waals surface area contributed by atoms with E-state index in [1.54, 1.807) is 0 Å². The van der Waals surface area contributed by atoms with E-state index < -0.39 is 0 Å². The first kappa shape index (κ1) is 23.4. The topological polar surface area (TPSA) is 49.3 Å². The Morgan fingerprint density at radius 2 is 1.25 bits per heavy atom. The van der Waals surface area contributed by atoms with Crippen molar-refractivity contribution in [2.24, 2.45) is 0 Å². The van der Waals surface area contributed by atoms with E-state index >= 15 is 0 Å². The van der Waals surface area contributed by atoms with Crippen molar-refractivity contribution in [2.75, 3.05) is 0 Å². The van der Waals surface area contributed by atoms with Crippen LogP contribution in [0, 0.1) is 0 Å². The smallest absolute Gasteiger partial charge is 0.220 e. The number of carbonyl (C=O) groups excluding carboxylic acids is 1. The number of hydrogen-bond donors (Lipinski definition) is 2. The molecule has 0 aliphatic heterocycles. The number of carbonyl (C=O) groups is 1. The number of hydrogen-bond acceptors (Lipinski definition) is 2. The van der Waals surface area contributed by atoms with Crippen molar-refractivity contribution in [3.63, 3.8) is 0 Å². The third-order valence-corrected chi connectivity index (χ3v) is 4.53. The minimum Gasteiger partial charge on any atom is -0.393 e. The first-order valence-electron chi connectivity index (χ1n) is 10.5. The second-order valence-corrected chi connectivity index (χ2v) is 7.59. The lowest BCUT2D eigenvalue weighted by molar-refractivity contribution is -0.121. The number of amides is 1. The number of aliphatic hydroxyl groups is 1. The number of rotatable bonds is 17. The van der Waals surface area contributed by atoms with Crippen LogP contribution in [0.2, 0.25) is 0 Å². The van der Waals surface area contributed by atoms with Gasteiger partial charge in [-0.1, -0.05) is 77.6 Å². The zero-order valence-electron chi connectivity index (χ0n) is 16.6. The Morgan fingerprint density at radius 3 is 1.75 bits per heavy atom. The third kappa shape index (κ3) is 17.8. The average Bonchev–Trinajstić information content (AvgIpc) is 2.52. The zero-order chi connectivity index (χ0) is 18.0. The molecule has 1 amide bonds.